The van der Waals surface area contributed by atoms with Crippen LogP contribution in [0.15, 0.2) is 36.7 Å². The van der Waals surface area contributed by atoms with Crippen LogP contribution in [0.5, 0.6) is 0 Å². The van der Waals surface area contributed by atoms with Crippen LogP contribution in [0.2, 0.25) is 0 Å². The standard InChI is InChI=1S/C18H26FN5/c1-14(24-11-9-23(2)10-12-24)13-22-17(18-20-7-8-21-18)15-3-5-16(19)6-4-15/h3-8,14,17,22H,9-13H2,1-2H3,(H,20,21)/t14-,17-/m0/s1. The molecule has 1 aromatic heterocycles. The molecule has 5 nitrogen and oxygen atoms in total. The second kappa shape index (κ2) is 7.88. The molecule has 0 saturated carbocycles. The highest BCUT2D eigenvalue weighted by atomic mass is 19.1. The summed E-state index contributed by atoms with van der Waals surface area (Å²) in [5.74, 6) is 0.634. The Hall–Kier alpha value is -1.76. The number of aromatic amines is 1. The molecular formula is C18H26FN5. The monoisotopic (exact) mass is 331 g/mol. The fourth-order valence-electron chi connectivity index (χ4n) is 3.14. The molecule has 1 fully saturated rings. The third kappa shape index (κ3) is 4.20. The molecule has 2 N–H and O–H groups in total. The Bertz CT molecular complexity index is 605. The minimum Gasteiger partial charge on any atom is -0.347 e. The maximum atomic E-state index is 13.2. The van der Waals surface area contributed by atoms with Crippen molar-refractivity contribution in [2.24, 2.45) is 0 Å². The minimum atomic E-state index is -0.220. The fraction of sp³-hybridized carbons (Fsp3) is 0.500. The van der Waals surface area contributed by atoms with Crippen LogP contribution in [0.3, 0.4) is 0 Å². The SMILES string of the molecule is C[C@@H](CN[C@@H](c1ccc(F)cc1)c1ncc[nH]1)N1CCN(C)CC1. The molecule has 0 unspecified atom stereocenters. The third-order valence-electron chi connectivity index (χ3n) is 4.77. The summed E-state index contributed by atoms with van der Waals surface area (Å²) in [4.78, 5) is 12.4. The van der Waals surface area contributed by atoms with Gasteiger partial charge in [-0.15, -0.1) is 0 Å². The number of rotatable bonds is 6. The van der Waals surface area contributed by atoms with Crippen molar-refractivity contribution in [3.63, 3.8) is 0 Å². The van der Waals surface area contributed by atoms with Gasteiger partial charge in [-0.25, -0.2) is 9.37 Å². The van der Waals surface area contributed by atoms with E-state index in [1.54, 1.807) is 6.20 Å². The number of likely N-dealkylation sites (N-methyl/N-ethyl adjacent to an activating group) is 1. The lowest BCUT2D eigenvalue weighted by Crippen LogP contribution is -2.51. The third-order valence-corrected chi connectivity index (χ3v) is 4.77. The lowest BCUT2D eigenvalue weighted by Gasteiger charge is -2.37. The number of imidazole rings is 1. The van der Waals surface area contributed by atoms with Crippen molar-refractivity contribution in [2.45, 2.75) is 19.0 Å². The summed E-state index contributed by atoms with van der Waals surface area (Å²) >= 11 is 0. The van der Waals surface area contributed by atoms with Crippen molar-refractivity contribution >= 4 is 0 Å². The molecule has 1 aromatic carbocycles. The van der Waals surface area contributed by atoms with Gasteiger partial charge >= 0.3 is 0 Å². The summed E-state index contributed by atoms with van der Waals surface area (Å²) in [6.07, 6.45) is 3.56. The zero-order valence-corrected chi connectivity index (χ0v) is 14.4. The van der Waals surface area contributed by atoms with Crippen LogP contribution in [0, 0.1) is 5.82 Å². The first-order valence-electron chi connectivity index (χ1n) is 8.54. The van der Waals surface area contributed by atoms with E-state index in [0.717, 1.165) is 44.1 Å². The number of H-pyrrole nitrogens is 1. The van der Waals surface area contributed by atoms with Crippen molar-refractivity contribution in [1.82, 2.24) is 25.1 Å². The van der Waals surface area contributed by atoms with Crippen LogP contribution < -0.4 is 5.32 Å². The van der Waals surface area contributed by atoms with Gasteiger partial charge in [0, 0.05) is 51.2 Å². The molecule has 0 radical (unpaired) electrons. The van der Waals surface area contributed by atoms with Gasteiger partial charge in [-0.2, -0.15) is 0 Å². The van der Waals surface area contributed by atoms with Crippen LogP contribution in [0.4, 0.5) is 4.39 Å². The number of halogens is 1. The van der Waals surface area contributed by atoms with Crippen LogP contribution in [-0.4, -0.2) is 65.6 Å². The van der Waals surface area contributed by atoms with E-state index in [9.17, 15) is 4.39 Å². The van der Waals surface area contributed by atoms with Gasteiger partial charge in [0.05, 0.1) is 6.04 Å². The highest BCUT2D eigenvalue weighted by molar-refractivity contribution is 5.25. The molecule has 0 bridgehead atoms. The Morgan fingerprint density at radius 2 is 1.92 bits per heavy atom. The number of piperazine rings is 1. The maximum Gasteiger partial charge on any atom is 0.127 e. The van der Waals surface area contributed by atoms with Gasteiger partial charge in [0.25, 0.3) is 0 Å². The molecule has 24 heavy (non-hydrogen) atoms. The molecule has 2 heterocycles. The van der Waals surface area contributed by atoms with Crippen LogP contribution in [-0.2, 0) is 0 Å². The van der Waals surface area contributed by atoms with Gasteiger partial charge in [-0.05, 0) is 31.7 Å². The largest absolute Gasteiger partial charge is 0.347 e. The van der Waals surface area contributed by atoms with E-state index in [1.165, 1.54) is 12.1 Å². The van der Waals surface area contributed by atoms with Gasteiger partial charge in [-0.3, -0.25) is 4.90 Å². The predicted molar refractivity (Wildman–Crippen MR) is 93.4 cm³/mol. The molecule has 3 rings (SSSR count). The molecule has 1 aliphatic heterocycles. The Labute approximate surface area is 142 Å². The van der Waals surface area contributed by atoms with Gasteiger partial charge in [-0.1, -0.05) is 12.1 Å². The Morgan fingerprint density at radius 3 is 2.54 bits per heavy atom. The topological polar surface area (TPSA) is 47.2 Å². The lowest BCUT2D eigenvalue weighted by molar-refractivity contribution is 0.117. The summed E-state index contributed by atoms with van der Waals surface area (Å²) in [7, 11) is 2.17. The molecule has 2 aromatic rings. The highest BCUT2D eigenvalue weighted by Gasteiger charge is 2.22. The summed E-state index contributed by atoms with van der Waals surface area (Å²) in [5.41, 5.74) is 1.01. The number of aromatic nitrogens is 2. The van der Waals surface area contributed by atoms with E-state index in [4.69, 9.17) is 0 Å². The van der Waals surface area contributed by atoms with Crippen molar-refractivity contribution in [2.75, 3.05) is 39.8 Å². The highest BCUT2D eigenvalue weighted by Crippen LogP contribution is 2.19. The van der Waals surface area contributed by atoms with Crippen LogP contribution in [0.25, 0.3) is 0 Å². The Kier molecular flexibility index (Phi) is 5.60. The first-order chi connectivity index (χ1) is 11.6. The van der Waals surface area contributed by atoms with Gasteiger partial charge in [0.2, 0.25) is 0 Å². The summed E-state index contributed by atoms with van der Waals surface area (Å²) in [5, 5.41) is 3.59. The zero-order valence-electron chi connectivity index (χ0n) is 14.4. The first kappa shape index (κ1) is 17.1. The number of hydrogen-bond acceptors (Lipinski definition) is 4. The second-order valence-electron chi connectivity index (χ2n) is 6.56. The number of nitrogens with one attached hydrogen (secondary N) is 2. The smallest absolute Gasteiger partial charge is 0.127 e. The van der Waals surface area contributed by atoms with Crippen molar-refractivity contribution < 1.29 is 4.39 Å². The molecule has 0 aliphatic carbocycles. The van der Waals surface area contributed by atoms with Gasteiger partial charge < -0.3 is 15.2 Å². The fourth-order valence-corrected chi connectivity index (χ4v) is 3.14. The maximum absolute atomic E-state index is 13.2. The summed E-state index contributed by atoms with van der Waals surface area (Å²) in [6, 6.07) is 7.01. The number of benzene rings is 1. The average Bonchev–Trinajstić information content (AvgIpc) is 3.11. The molecule has 1 aliphatic rings. The molecule has 2 atom stereocenters. The van der Waals surface area contributed by atoms with E-state index in [-0.39, 0.29) is 11.9 Å². The molecule has 130 valence electrons. The Morgan fingerprint density at radius 1 is 1.21 bits per heavy atom. The van der Waals surface area contributed by atoms with Crippen LogP contribution in [0.1, 0.15) is 24.4 Å². The predicted octanol–water partition coefficient (Wildman–Crippen LogP) is 1.86. The number of hydrogen-bond donors (Lipinski definition) is 2. The van der Waals surface area contributed by atoms with E-state index in [1.807, 2.05) is 18.3 Å². The lowest BCUT2D eigenvalue weighted by atomic mass is 10.1. The zero-order chi connectivity index (χ0) is 16.9. The van der Waals surface area contributed by atoms with Gasteiger partial charge in [0.15, 0.2) is 0 Å². The molecule has 6 heteroatoms. The molecule has 0 spiro atoms. The molecule has 1 saturated heterocycles. The van der Waals surface area contributed by atoms with Crippen LogP contribution >= 0.6 is 0 Å². The van der Waals surface area contributed by atoms with Gasteiger partial charge in [0.1, 0.15) is 11.6 Å². The van der Waals surface area contributed by atoms with E-state index in [0.29, 0.717) is 6.04 Å². The van der Waals surface area contributed by atoms with Crippen molar-refractivity contribution in [1.29, 1.82) is 0 Å². The quantitative estimate of drug-likeness (QED) is 0.848. The average molecular weight is 331 g/mol. The summed E-state index contributed by atoms with van der Waals surface area (Å²) in [6.45, 7) is 7.53. The van der Waals surface area contributed by atoms with E-state index < -0.39 is 0 Å². The normalized spacial score (nSPS) is 19.3. The second-order valence-corrected chi connectivity index (χ2v) is 6.56. The van der Waals surface area contributed by atoms with Crippen molar-refractivity contribution in [3.05, 3.63) is 53.9 Å². The minimum absolute atomic E-state index is 0.0597. The number of nitrogens with zero attached hydrogens (tertiary/aromatic N) is 3. The summed E-state index contributed by atoms with van der Waals surface area (Å²) < 4.78 is 13.2. The van der Waals surface area contributed by atoms with Crippen molar-refractivity contribution in [3.8, 4) is 0 Å². The molecular weight excluding hydrogens is 305 g/mol. The van der Waals surface area contributed by atoms with E-state index in [2.05, 4.69) is 39.1 Å². The molecule has 0 amide bonds. The van der Waals surface area contributed by atoms with E-state index >= 15 is 0 Å². The Balaban J connectivity index is 1.65. The first-order valence-corrected chi connectivity index (χ1v) is 8.54.